The number of rotatable bonds is 0. The van der Waals surface area contributed by atoms with Gasteiger partial charge in [0.25, 0.3) is 23.6 Å². The first-order chi connectivity index (χ1) is 27.5. The molecule has 288 valence electrons. The van der Waals surface area contributed by atoms with E-state index in [0.717, 1.165) is 45.0 Å². The van der Waals surface area contributed by atoms with Gasteiger partial charge in [0.1, 0.15) is 0 Å². The molecule has 4 aromatic carbocycles. The molecule has 10 rings (SSSR count). The van der Waals surface area contributed by atoms with Crippen molar-refractivity contribution >= 4 is 46.4 Å². The van der Waals surface area contributed by atoms with Gasteiger partial charge in [-0.15, -0.1) is 0 Å². The Balaban J connectivity index is 0.000000146. The average molecular weight is 757 g/mol. The third kappa shape index (κ3) is 6.46. The predicted octanol–water partition coefficient (Wildman–Crippen LogP) is 5.98. The van der Waals surface area contributed by atoms with Crippen LogP contribution in [0.25, 0.3) is 0 Å². The number of fused-ring (bicyclic) bond motifs is 20. The molecule has 2 saturated heterocycles. The molecule has 0 spiro atoms. The van der Waals surface area contributed by atoms with Crippen LogP contribution in [0.3, 0.4) is 0 Å². The van der Waals surface area contributed by atoms with E-state index in [1.54, 1.807) is 19.6 Å². The van der Waals surface area contributed by atoms with Crippen LogP contribution >= 0.6 is 0 Å². The van der Waals surface area contributed by atoms with Gasteiger partial charge in [0.2, 0.25) is 0 Å². The molecule has 6 heterocycles. The quantitative estimate of drug-likeness (QED) is 0.215. The van der Waals surface area contributed by atoms with Crippen LogP contribution in [0.15, 0.2) is 97.1 Å². The van der Waals surface area contributed by atoms with Crippen LogP contribution in [-0.2, 0) is 38.1 Å². The second-order valence-corrected chi connectivity index (χ2v) is 14.6. The number of amides is 4. The summed E-state index contributed by atoms with van der Waals surface area (Å²) in [6.45, 7) is 3.83. The van der Waals surface area contributed by atoms with Gasteiger partial charge in [0.15, 0.2) is 24.4 Å². The molecular formula is C44H44N4O8. The van der Waals surface area contributed by atoms with Gasteiger partial charge >= 0.3 is 0 Å². The standard InChI is InChI=1S/2C22H22N2O4/c2*25-21-19-15-7-1-3-9-17(15)23(21)11-5-14-28-20-16-8-2-4-10-18(16)24(22(20)26)12-6-13-27-19/h2*1-4,7-10,19-20H,5-6,11-14H2/t2*19-,20+. The van der Waals surface area contributed by atoms with Gasteiger partial charge in [-0.2, -0.15) is 0 Å². The highest BCUT2D eigenvalue weighted by Gasteiger charge is 2.42. The van der Waals surface area contributed by atoms with E-state index >= 15 is 0 Å². The fourth-order valence-electron chi connectivity index (χ4n) is 8.66. The van der Waals surface area contributed by atoms with Gasteiger partial charge in [-0.05, 0) is 49.9 Å². The van der Waals surface area contributed by atoms with E-state index in [0.29, 0.717) is 78.3 Å². The van der Waals surface area contributed by atoms with Crippen LogP contribution in [0.1, 0.15) is 72.4 Å². The van der Waals surface area contributed by atoms with Crippen LogP contribution in [0.4, 0.5) is 22.7 Å². The Kier molecular flexibility index (Phi) is 10.1. The van der Waals surface area contributed by atoms with Gasteiger partial charge in [-0.25, -0.2) is 0 Å². The third-order valence-electron chi connectivity index (χ3n) is 11.2. The lowest BCUT2D eigenvalue weighted by atomic mass is 10.1. The Morgan fingerprint density at radius 2 is 0.554 bits per heavy atom. The Bertz CT molecular complexity index is 1720. The van der Waals surface area contributed by atoms with Crippen molar-refractivity contribution in [2.24, 2.45) is 0 Å². The summed E-state index contributed by atoms with van der Waals surface area (Å²) in [6, 6.07) is 31.2. The van der Waals surface area contributed by atoms with Gasteiger partial charge in [0.05, 0.1) is 22.7 Å². The van der Waals surface area contributed by atoms with Crippen molar-refractivity contribution < 1.29 is 38.1 Å². The summed E-state index contributed by atoms with van der Waals surface area (Å²) in [5.41, 5.74) is 7.35. The fourth-order valence-corrected chi connectivity index (χ4v) is 8.66. The summed E-state index contributed by atoms with van der Waals surface area (Å²) in [5, 5.41) is 0. The number of anilines is 4. The van der Waals surface area contributed by atoms with E-state index in [1.807, 2.05) is 97.1 Å². The highest BCUT2D eigenvalue weighted by atomic mass is 16.5. The van der Waals surface area contributed by atoms with Crippen molar-refractivity contribution in [1.29, 1.82) is 0 Å². The normalized spacial score (nSPS) is 24.7. The van der Waals surface area contributed by atoms with Gasteiger partial charge in [0, 0.05) is 74.9 Å². The highest BCUT2D eigenvalue weighted by Crippen LogP contribution is 2.42. The first-order valence-electron chi connectivity index (χ1n) is 19.6. The molecule has 0 saturated carbocycles. The molecule has 0 unspecified atom stereocenters. The molecule has 6 aliphatic heterocycles. The molecular weight excluding hydrogens is 713 g/mol. The van der Waals surface area contributed by atoms with Crippen molar-refractivity contribution in [3.05, 3.63) is 119 Å². The SMILES string of the molecule is O=C1[C@H]2OCCCN3C(=O)[C@H](OCCCN1c1ccccc12)c1ccccc13.O=C1[C@H]2OCCCN3C(=O)[C@H](OCCCN1c1ccccc12)c1ccccc13. The summed E-state index contributed by atoms with van der Waals surface area (Å²) in [6.07, 6.45) is 0.363. The lowest BCUT2D eigenvalue weighted by Crippen LogP contribution is -2.34. The van der Waals surface area contributed by atoms with Gasteiger partial charge < -0.3 is 38.5 Å². The molecule has 12 nitrogen and oxygen atoms in total. The molecule has 56 heavy (non-hydrogen) atoms. The lowest BCUT2D eigenvalue weighted by molar-refractivity contribution is -0.131. The number of benzene rings is 4. The number of carbonyl (C=O) groups excluding carboxylic acids is 4. The van der Waals surface area contributed by atoms with Gasteiger partial charge in [-0.1, -0.05) is 72.8 Å². The van der Waals surface area contributed by atoms with E-state index in [1.165, 1.54) is 0 Å². The first kappa shape index (κ1) is 36.3. The Morgan fingerprint density at radius 1 is 0.339 bits per heavy atom. The Labute approximate surface area is 325 Å². The van der Waals surface area contributed by atoms with Crippen molar-refractivity contribution in [3.8, 4) is 0 Å². The summed E-state index contributed by atoms with van der Waals surface area (Å²) >= 11 is 0. The van der Waals surface area contributed by atoms with Crippen molar-refractivity contribution in [2.45, 2.75) is 50.1 Å². The zero-order valence-electron chi connectivity index (χ0n) is 31.1. The number of para-hydroxylation sites is 4. The van der Waals surface area contributed by atoms with E-state index in [-0.39, 0.29) is 23.6 Å². The molecule has 0 aliphatic carbocycles. The smallest absolute Gasteiger partial charge is 0.260 e. The fraction of sp³-hybridized carbons (Fsp3) is 0.364. The monoisotopic (exact) mass is 756 g/mol. The minimum atomic E-state index is -0.561. The molecule has 12 heteroatoms. The first-order valence-corrected chi connectivity index (χ1v) is 19.6. The van der Waals surface area contributed by atoms with E-state index < -0.39 is 24.4 Å². The maximum absolute atomic E-state index is 12.9. The molecule has 0 aromatic heterocycles. The van der Waals surface area contributed by atoms with E-state index in [4.69, 9.17) is 18.9 Å². The second-order valence-electron chi connectivity index (χ2n) is 14.6. The number of nitrogens with zero attached hydrogens (tertiary/aromatic N) is 4. The zero-order valence-corrected chi connectivity index (χ0v) is 31.1. The molecule has 0 N–H and O–H groups in total. The van der Waals surface area contributed by atoms with Crippen LogP contribution in [-0.4, -0.2) is 76.2 Å². The number of carbonyl (C=O) groups is 4. The number of hydrogen-bond acceptors (Lipinski definition) is 8. The van der Waals surface area contributed by atoms with Crippen molar-refractivity contribution in [2.75, 3.05) is 72.2 Å². The molecule has 4 amide bonds. The maximum atomic E-state index is 12.9. The minimum absolute atomic E-state index is 0.0131. The molecule has 4 atom stereocenters. The topological polar surface area (TPSA) is 118 Å². The molecule has 6 aliphatic rings. The summed E-state index contributed by atoms with van der Waals surface area (Å²) in [7, 11) is 0. The van der Waals surface area contributed by atoms with Crippen LogP contribution < -0.4 is 19.6 Å². The van der Waals surface area contributed by atoms with Crippen LogP contribution in [0.2, 0.25) is 0 Å². The average Bonchev–Trinajstić information content (AvgIpc) is 3.85. The summed E-state index contributed by atoms with van der Waals surface area (Å²) in [5.74, 6) is -0.0522. The Morgan fingerprint density at radius 3 is 0.786 bits per heavy atom. The molecule has 8 bridgehead atoms. The third-order valence-corrected chi connectivity index (χ3v) is 11.2. The Hall–Kier alpha value is -5.40. The molecule has 4 aromatic rings. The second kappa shape index (κ2) is 15.6. The van der Waals surface area contributed by atoms with E-state index in [2.05, 4.69) is 0 Å². The predicted molar refractivity (Wildman–Crippen MR) is 208 cm³/mol. The van der Waals surface area contributed by atoms with Crippen molar-refractivity contribution in [3.63, 3.8) is 0 Å². The summed E-state index contributed by atoms with van der Waals surface area (Å²) in [4.78, 5) is 58.7. The van der Waals surface area contributed by atoms with Crippen LogP contribution in [0.5, 0.6) is 0 Å². The number of ether oxygens (including phenoxy) is 4. The largest absolute Gasteiger partial charge is 0.363 e. The van der Waals surface area contributed by atoms with Gasteiger partial charge in [-0.3, -0.25) is 19.2 Å². The van der Waals surface area contributed by atoms with Crippen molar-refractivity contribution in [1.82, 2.24) is 0 Å². The molecule has 0 radical (unpaired) electrons. The number of hydrogen-bond donors (Lipinski definition) is 0. The lowest BCUT2D eigenvalue weighted by Gasteiger charge is -2.21. The zero-order chi connectivity index (χ0) is 38.2. The maximum Gasteiger partial charge on any atom is 0.260 e. The highest BCUT2D eigenvalue weighted by molar-refractivity contribution is 6.06. The van der Waals surface area contributed by atoms with E-state index in [9.17, 15) is 19.2 Å². The van der Waals surface area contributed by atoms with Crippen LogP contribution in [0, 0.1) is 0 Å². The minimum Gasteiger partial charge on any atom is -0.363 e. The summed E-state index contributed by atoms with van der Waals surface area (Å²) < 4.78 is 23.9. The molecule has 2 fully saturated rings.